The summed E-state index contributed by atoms with van der Waals surface area (Å²) in [6, 6.07) is 17.2. The van der Waals surface area contributed by atoms with E-state index >= 15 is 0 Å². The predicted octanol–water partition coefficient (Wildman–Crippen LogP) is 11.2. The molecular weight excluding hydrogens is 534 g/mol. The van der Waals surface area contributed by atoms with Crippen molar-refractivity contribution in [3.05, 3.63) is 82.8 Å². The molecule has 0 amide bonds. The van der Waals surface area contributed by atoms with Crippen LogP contribution in [0.15, 0.2) is 60.4 Å². The van der Waals surface area contributed by atoms with Crippen LogP contribution in [0.2, 0.25) is 16.6 Å². The third-order valence-electron chi connectivity index (χ3n) is 9.12. The maximum atomic E-state index is 14.1. The van der Waals surface area contributed by atoms with Crippen LogP contribution in [0.25, 0.3) is 10.9 Å². The molecule has 0 N–H and O–H groups in total. The SMILES string of the molecule is CCCC1C=C(O[Si](C(C)C)(C(C)C)C(C)C)CC(c2ccc(C)cc2)c2c1c1ccccc1n2C(=O)OC(C)(C)C. The van der Waals surface area contributed by atoms with Gasteiger partial charge in [-0.1, -0.05) is 103 Å². The van der Waals surface area contributed by atoms with Gasteiger partial charge in [0.2, 0.25) is 0 Å². The monoisotopic (exact) mass is 587 g/mol. The molecule has 1 aromatic heterocycles. The zero-order chi connectivity index (χ0) is 31.0. The highest BCUT2D eigenvalue weighted by atomic mass is 28.4. The number of benzene rings is 2. The van der Waals surface area contributed by atoms with Gasteiger partial charge < -0.3 is 9.16 Å². The Morgan fingerprint density at radius 3 is 2.10 bits per heavy atom. The van der Waals surface area contributed by atoms with Gasteiger partial charge in [-0.25, -0.2) is 9.36 Å². The van der Waals surface area contributed by atoms with Gasteiger partial charge in [-0.15, -0.1) is 0 Å². The van der Waals surface area contributed by atoms with Crippen LogP contribution in [0.4, 0.5) is 4.79 Å². The summed E-state index contributed by atoms with van der Waals surface area (Å²) in [5.74, 6) is 1.19. The van der Waals surface area contributed by atoms with Crippen LogP contribution in [-0.4, -0.2) is 24.6 Å². The Hall–Kier alpha value is -2.79. The number of aromatic nitrogens is 1. The van der Waals surface area contributed by atoms with Crippen LogP contribution in [0, 0.1) is 6.92 Å². The third-order valence-corrected chi connectivity index (χ3v) is 15.1. The summed E-state index contributed by atoms with van der Waals surface area (Å²) >= 11 is 0. The summed E-state index contributed by atoms with van der Waals surface area (Å²) in [6.45, 7) is 24.3. The fraction of sp³-hybridized carbons (Fsp3) is 0.541. The summed E-state index contributed by atoms with van der Waals surface area (Å²) < 4.78 is 15.4. The molecule has 1 aliphatic carbocycles. The van der Waals surface area contributed by atoms with E-state index in [0.717, 1.165) is 41.6 Å². The van der Waals surface area contributed by atoms with Crippen molar-refractivity contribution < 1.29 is 14.0 Å². The Kier molecular flexibility index (Phi) is 9.52. The average molecular weight is 588 g/mol. The summed E-state index contributed by atoms with van der Waals surface area (Å²) in [5.41, 5.74) is 6.46. The summed E-state index contributed by atoms with van der Waals surface area (Å²) in [6.07, 6.45) is 4.86. The molecule has 4 rings (SSSR count). The second-order valence-electron chi connectivity index (χ2n) is 14.2. The van der Waals surface area contributed by atoms with Crippen LogP contribution in [0.3, 0.4) is 0 Å². The highest BCUT2D eigenvalue weighted by Gasteiger charge is 2.48. The fourth-order valence-corrected chi connectivity index (χ4v) is 12.8. The van der Waals surface area contributed by atoms with Crippen LogP contribution >= 0.6 is 0 Å². The van der Waals surface area contributed by atoms with Crippen molar-refractivity contribution in [2.45, 2.75) is 129 Å². The van der Waals surface area contributed by atoms with Crippen molar-refractivity contribution in [1.82, 2.24) is 4.57 Å². The Labute approximate surface area is 255 Å². The van der Waals surface area contributed by atoms with Crippen molar-refractivity contribution in [1.29, 1.82) is 0 Å². The third kappa shape index (κ3) is 6.13. The molecule has 5 heteroatoms. The van der Waals surface area contributed by atoms with Crippen molar-refractivity contribution in [3.63, 3.8) is 0 Å². The topological polar surface area (TPSA) is 40.5 Å². The number of nitrogens with zero attached hydrogens (tertiary/aromatic N) is 1. The van der Waals surface area contributed by atoms with Gasteiger partial charge in [0, 0.05) is 29.3 Å². The lowest BCUT2D eigenvalue weighted by molar-refractivity contribution is 0.0538. The zero-order valence-corrected chi connectivity index (χ0v) is 28.9. The standard InChI is InChI=1S/C37H53NO3Si/c1-12-15-29-22-30(41-42(24(2)3,25(4)5)26(6)7)23-32(28-20-18-27(8)19-21-28)35-34(29)31-16-13-14-17-33(31)38(35)36(39)40-37(9,10)11/h13-14,16-22,24-26,29,32H,12,15,23H2,1-11H3. The quantitative estimate of drug-likeness (QED) is 0.246. The molecule has 2 atom stereocenters. The Balaban J connectivity index is 2.04. The minimum atomic E-state index is -2.20. The molecule has 3 aromatic rings. The number of allylic oxidation sites excluding steroid dienone is 2. The van der Waals surface area contributed by atoms with E-state index in [-0.39, 0.29) is 17.9 Å². The van der Waals surface area contributed by atoms with Gasteiger partial charge in [0.05, 0.1) is 11.3 Å². The first-order chi connectivity index (χ1) is 19.7. The van der Waals surface area contributed by atoms with E-state index in [1.54, 1.807) is 0 Å². The van der Waals surface area contributed by atoms with E-state index in [4.69, 9.17) is 9.16 Å². The van der Waals surface area contributed by atoms with Gasteiger partial charge in [-0.2, -0.15) is 0 Å². The van der Waals surface area contributed by atoms with Crippen molar-refractivity contribution in [2.24, 2.45) is 0 Å². The molecule has 0 fully saturated rings. The van der Waals surface area contributed by atoms with E-state index in [2.05, 4.69) is 104 Å². The first-order valence-electron chi connectivity index (χ1n) is 16.0. The van der Waals surface area contributed by atoms with Gasteiger partial charge in [-0.3, -0.25) is 0 Å². The number of aryl methyl sites for hydroxylation is 1. The number of carbonyl (C=O) groups excluding carboxylic acids is 1. The maximum absolute atomic E-state index is 14.1. The zero-order valence-electron chi connectivity index (χ0n) is 27.9. The first kappa shape index (κ1) is 32.1. The van der Waals surface area contributed by atoms with E-state index in [0.29, 0.717) is 16.6 Å². The molecule has 0 spiro atoms. The van der Waals surface area contributed by atoms with Gasteiger partial charge >= 0.3 is 6.09 Å². The lowest BCUT2D eigenvalue weighted by Gasteiger charge is -2.43. The fourth-order valence-electron chi connectivity index (χ4n) is 7.47. The van der Waals surface area contributed by atoms with Gasteiger partial charge in [0.25, 0.3) is 8.32 Å². The van der Waals surface area contributed by atoms with E-state index in [9.17, 15) is 4.79 Å². The molecule has 228 valence electrons. The van der Waals surface area contributed by atoms with Crippen LogP contribution < -0.4 is 0 Å². The lowest BCUT2D eigenvalue weighted by Crippen LogP contribution is -2.47. The number of hydrogen-bond acceptors (Lipinski definition) is 3. The normalized spacial score (nSPS) is 17.9. The second-order valence-corrected chi connectivity index (χ2v) is 19.6. The van der Waals surface area contributed by atoms with Crippen LogP contribution in [0.5, 0.6) is 0 Å². The van der Waals surface area contributed by atoms with E-state index in [1.807, 2.05) is 31.4 Å². The first-order valence-corrected chi connectivity index (χ1v) is 18.2. The van der Waals surface area contributed by atoms with Crippen molar-refractivity contribution in [3.8, 4) is 0 Å². The van der Waals surface area contributed by atoms with E-state index < -0.39 is 13.9 Å². The molecule has 0 saturated heterocycles. The molecule has 0 aliphatic heterocycles. The Bertz CT molecular complexity index is 1400. The van der Waals surface area contributed by atoms with Crippen LogP contribution in [-0.2, 0) is 9.16 Å². The maximum Gasteiger partial charge on any atom is 0.419 e. The Morgan fingerprint density at radius 2 is 1.55 bits per heavy atom. The van der Waals surface area contributed by atoms with E-state index in [1.165, 1.54) is 16.7 Å². The van der Waals surface area contributed by atoms with Gasteiger partial charge in [-0.05, 0) is 74.0 Å². The molecule has 4 nitrogen and oxygen atoms in total. The summed E-state index contributed by atoms with van der Waals surface area (Å²) in [4.78, 5) is 14.1. The minimum Gasteiger partial charge on any atom is -0.546 e. The molecular formula is C37H53NO3Si. The number of para-hydroxylation sites is 1. The van der Waals surface area contributed by atoms with Gasteiger partial charge in [0.1, 0.15) is 5.60 Å². The predicted molar refractivity (Wildman–Crippen MR) is 179 cm³/mol. The van der Waals surface area contributed by atoms with Gasteiger partial charge in [0.15, 0.2) is 0 Å². The molecule has 0 bridgehead atoms. The van der Waals surface area contributed by atoms with Crippen molar-refractivity contribution >= 4 is 25.3 Å². The lowest BCUT2D eigenvalue weighted by atomic mass is 9.86. The molecule has 42 heavy (non-hydrogen) atoms. The Morgan fingerprint density at radius 1 is 0.952 bits per heavy atom. The second kappa shape index (κ2) is 12.4. The number of rotatable bonds is 8. The highest BCUT2D eigenvalue weighted by molar-refractivity contribution is 6.77. The highest BCUT2D eigenvalue weighted by Crippen LogP contribution is 2.50. The number of ether oxygens (including phenoxy) is 1. The molecule has 2 unspecified atom stereocenters. The smallest absolute Gasteiger partial charge is 0.419 e. The average Bonchev–Trinajstić information content (AvgIpc) is 3.15. The summed E-state index contributed by atoms with van der Waals surface area (Å²) in [5, 5.41) is 1.13. The number of fused-ring (bicyclic) bond motifs is 3. The molecule has 0 radical (unpaired) electrons. The number of carbonyl (C=O) groups is 1. The van der Waals surface area contributed by atoms with Crippen LogP contribution in [0.1, 0.15) is 123 Å². The largest absolute Gasteiger partial charge is 0.546 e. The molecule has 1 heterocycles. The minimum absolute atomic E-state index is 0.0492. The number of hydrogen-bond donors (Lipinski definition) is 0. The summed E-state index contributed by atoms with van der Waals surface area (Å²) in [7, 11) is -2.20. The van der Waals surface area contributed by atoms with Crippen molar-refractivity contribution in [2.75, 3.05) is 0 Å². The molecule has 1 aliphatic rings. The molecule has 2 aromatic carbocycles. The molecule has 0 saturated carbocycles.